The van der Waals surface area contributed by atoms with E-state index in [1.165, 1.54) is 0 Å². The van der Waals surface area contributed by atoms with Crippen LogP contribution in [0.25, 0.3) is 0 Å². The van der Waals surface area contributed by atoms with Gasteiger partial charge in [0.1, 0.15) is 11.8 Å². The van der Waals surface area contributed by atoms with Gasteiger partial charge < -0.3 is 54.1 Å². The monoisotopic (exact) mass is 892 g/mol. The topological polar surface area (TPSA) is 177 Å². The molecule has 14 heteroatoms. The highest BCUT2D eigenvalue weighted by Crippen LogP contribution is 2.54. The molecule has 0 aromatic rings. The first-order valence-corrected chi connectivity index (χ1v) is 24.4. The third-order valence-electron chi connectivity index (χ3n) is 16.2. The van der Waals surface area contributed by atoms with Crippen molar-refractivity contribution < 1.29 is 53.4 Å². The molecule has 5 rings (SSSR count). The summed E-state index contributed by atoms with van der Waals surface area (Å²) >= 11 is 0. The molecule has 5 aliphatic heterocycles. The summed E-state index contributed by atoms with van der Waals surface area (Å²) in [6.45, 7) is 21.2. The number of carbonyl (C=O) groups is 3. The van der Waals surface area contributed by atoms with Crippen molar-refractivity contribution in [2.75, 3.05) is 34.2 Å². The van der Waals surface area contributed by atoms with Gasteiger partial charge in [0.15, 0.2) is 11.6 Å². The van der Waals surface area contributed by atoms with Gasteiger partial charge in [-0.1, -0.05) is 61.5 Å². The summed E-state index contributed by atoms with van der Waals surface area (Å²) < 4.78 is 34.7. The van der Waals surface area contributed by atoms with E-state index in [0.717, 1.165) is 19.4 Å². The summed E-state index contributed by atoms with van der Waals surface area (Å²) in [7, 11) is 5.81. The Morgan fingerprint density at radius 3 is 2.16 bits per heavy atom. The summed E-state index contributed by atoms with van der Waals surface area (Å²) in [6, 6.07) is -0.906. The van der Waals surface area contributed by atoms with Gasteiger partial charge in [0.05, 0.1) is 53.7 Å². The van der Waals surface area contributed by atoms with Crippen molar-refractivity contribution in [1.29, 1.82) is 0 Å². The van der Waals surface area contributed by atoms with Crippen LogP contribution in [0.15, 0.2) is 12.2 Å². The van der Waals surface area contributed by atoms with Crippen molar-refractivity contribution in [3.8, 4) is 0 Å². The van der Waals surface area contributed by atoms with Gasteiger partial charge in [-0.15, -0.1) is 0 Å². The van der Waals surface area contributed by atoms with Crippen LogP contribution < -0.4 is 5.32 Å². The fourth-order valence-electron chi connectivity index (χ4n) is 11.6. The molecule has 5 heterocycles. The number of aliphatic carboxylic acids is 1. The van der Waals surface area contributed by atoms with Gasteiger partial charge in [-0.3, -0.25) is 9.59 Å². The molecule has 2 amide bonds. The summed E-state index contributed by atoms with van der Waals surface area (Å²) in [5, 5.41) is 36.3. The van der Waals surface area contributed by atoms with Gasteiger partial charge in [-0.2, -0.15) is 0 Å². The molecule has 0 saturated carbocycles. The Kier molecular flexibility index (Phi) is 17.1. The number of nitrogens with one attached hydrogen (secondary N) is 1. The van der Waals surface area contributed by atoms with Crippen molar-refractivity contribution in [1.82, 2.24) is 15.1 Å². The lowest BCUT2D eigenvalue weighted by Gasteiger charge is -2.55. The predicted molar refractivity (Wildman–Crippen MR) is 241 cm³/mol. The second kappa shape index (κ2) is 20.8. The summed E-state index contributed by atoms with van der Waals surface area (Å²) in [5.74, 6) is -5.97. The molecule has 0 aromatic heterocycles. The van der Waals surface area contributed by atoms with Crippen LogP contribution in [0.3, 0.4) is 0 Å². The molecule has 4 N–H and O–H groups in total. The molecule has 18 atom stereocenters. The lowest BCUT2D eigenvalue weighted by Crippen LogP contribution is -2.66. The smallest absolute Gasteiger partial charge is 0.317 e. The standard InChI is InChI=1S/C49H85N3O11/c1-14-35(44(55)56)37-19-18-29(4)42(60-37)33(8)40(53)32(7)41(54)36(15-2)43-30(5)28-31(6)48(61-43)23-20-38(50-45(57)52(13)27-17-26-51(11)12)49(63-48)25-24-46(10,62-49)39-21-22-47(58,16-3)34(9)59-39/h20,23,29-40,42-43,53,58H,14-19,21-22,24-28H2,1-13H3,(H,50,57)(H,55,56)/t29-,30-,31+,32-,33-,34-,35+,36-,37+,38+,39+,40+,42+,43-,46-,47+,48-,49-/m0/s1. The van der Waals surface area contributed by atoms with Crippen LogP contribution in [0.2, 0.25) is 0 Å². The maximum absolute atomic E-state index is 14.7. The van der Waals surface area contributed by atoms with E-state index in [1.54, 1.807) is 18.9 Å². The zero-order valence-electron chi connectivity index (χ0n) is 40.9. The second-order valence-corrected chi connectivity index (χ2v) is 21.0. The Bertz CT molecular complexity index is 1600. The molecule has 4 saturated heterocycles. The number of carboxylic acid groups (broad SMARTS) is 1. The zero-order valence-corrected chi connectivity index (χ0v) is 40.9. The van der Waals surface area contributed by atoms with Crippen LogP contribution in [0, 0.1) is 41.4 Å². The minimum atomic E-state index is -1.33. The van der Waals surface area contributed by atoms with Gasteiger partial charge in [0.25, 0.3) is 0 Å². The molecule has 4 fully saturated rings. The Morgan fingerprint density at radius 1 is 0.873 bits per heavy atom. The minimum absolute atomic E-state index is 0.0175. The zero-order chi connectivity index (χ0) is 46.8. The van der Waals surface area contributed by atoms with Crippen LogP contribution in [0.4, 0.5) is 4.79 Å². The van der Waals surface area contributed by atoms with Crippen molar-refractivity contribution in [3.63, 3.8) is 0 Å². The van der Waals surface area contributed by atoms with Crippen LogP contribution in [-0.2, 0) is 33.3 Å². The van der Waals surface area contributed by atoms with Gasteiger partial charge >= 0.3 is 12.0 Å². The van der Waals surface area contributed by atoms with Crippen molar-refractivity contribution in [2.45, 2.75) is 205 Å². The predicted octanol–water partition coefficient (Wildman–Crippen LogP) is 6.79. The Morgan fingerprint density at radius 2 is 1.56 bits per heavy atom. The number of hydrogen-bond acceptors (Lipinski definition) is 11. The van der Waals surface area contributed by atoms with E-state index < -0.39 is 82.9 Å². The number of carboxylic acids is 1. The SMILES string of the molecule is CC[C@@H](C(=O)[C@@H](C)[C@@H](O)[C@H](C)[C@@H]1O[C@@H]([C@@H](CC)C(=O)O)CC[C@@H]1C)[C@H]1O[C@]2(C=C[C@@H](NC(=O)N(C)CCCN(C)C)[C@]3(CC[C@@](C)([C@H]4CC[C@](O)(CC)[C@H](C)O4)O3)O2)[C@H](C)C[C@@H]1C. The van der Waals surface area contributed by atoms with E-state index in [9.17, 15) is 29.7 Å². The molecule has 0 aliphatic carbocycles. The number of nitrogens with zero attached hydrogens (tertiary/aromatic N) is 2. The number of amides is 2. The largest absolute Gasteiger partial charge is 0.481 e. The van der Waals surface area contributed by atoms with E-state index >= 15 is 0 Å². The molecular weight excluding hydrogens is 807 g/mol. The number of rotatable bonds is 17. The number of ether oxygens (including phenoxy) is 5. The first-order chi connectivity index (χ1) is 29.5. The Labute approximate surface area is 378 Å². The van der Waals surface area contributed by atoms with Crippen LogP contribution >= 0.6 is 0 Å². The number of hydrogen-bond donors (Lipinski definition) is 4. The third-order valence-corrected chi connectivity index (χ3v) is 16.2. The highest BCUT2D eigenvalue weighted by atomic mass is 16.8. The number of Topliss-reactive ketones (excluding diaryl/α,β-unsaturated/α-hetero) is 1. The molecule has 0 radical (unpaired) electrons. The highest BCUT2D eigenvalue weighted by Gasteiger charge is 2.63. The first-order valence-electron chi connectivity index (χ1n) is 24.4. The Balaban J connectivity index is 1.40. The van der Waals surface area contributed by atoms with Crippen molar-refractivity contribution >= 4 is 17.8 Å². The van der Waals surface area contributed by atoms with Gasteiger partial charge in [-0.05, 0) is 117 Å². The molecule has 0 bridgehead atoms. The van der Waals surface area contributed by atoms with Crippen LogP contribution in [-0.4, -0.2) is 143 Å². The van der Waals surface area contributed by atoms with Gasteiger partial charge in [0, 0.05) is 43.7 Å². The summed E-state index contributed by atoms with van der Waals surface area (Å²) in [6.07, 6.45) is 7.46. The normalized spacial score (nSPS) is 40.7. The first kappa shape index (κ1) is 51.8. The summed E-state index contributed by atoms with van der Waals surface area (Å²) in [5.41, 5.74) is -1.71. The lowest BCUT2D eigenvalue weighted by molar-refractivity contribution is -0.398. The van der Waals surface area contributed by atoms with E-state index in [0.29, 0.717) is 64.3 Å². The van der Waals surface area contributed by atoms with Crippen LogP contribution in [0.5, 0.6) is 0 Å². The minimum Gasteiger partial charge on any atom is -0.481 e. The number of ketones is 1. The number of aliphatic hydroxyl groups is 2. The highest BCUT2D eigenvalue weighted by molar-refractivity contribution is 5.84. The number of carbonyl (C=O) groups excluding carboxylic acids is 2. The van der Waals surface area contributed by atoms with Crippen LogP contribution in [0.1, 0.15) is 140 Å². The maximum Gasteiger partial charge on any atom is 0.317 e. The average Bonchev–Trinajstić information content (AvgIpc) is 3.58. The molecule has 14 nitrogen and oxygen atoms in total. The van der Waals surface area contributed by atoms with Crippen molar-refractivity contribution in [3.05, 3.63) is 12.2 Å². The molecular formula is C49H85N3O11. The van der Waals surface area contributed by atoms with E-state index in [2.05, 4.69) is 31.0 Å². The third kappa shape index (κ3) is 10.8. The molecule has 63 heavy (non-hydrogen) atoms. The molecule has 0 unspecified atom stereocenters. The second-order valence-electron chi connectivity index (χ2n) is 21.0. The average molecular weight is 892 g/mol. The summed E-state index contributed by atoms with van der Waals surface area (Å²) in [4.78, 5) is 44.4. The fraction of sp³-hybridized carbons (Fsp3) is 0.898. The van der Waals surface area contributed by atoms with E-state index in [4.69, 9.17) is 23.7 Å². The molecule has 362 valence electrons. The molecule has 5 aliphatic rings. The van der Waals surface area contributed by atoms with E-state index in [-0.39, 0.29) is 41.8 Å². The van der Waals surface area contributed by atoms with Crippen molar-refractivity contribution in [2.24, 2.45) is 41.4 Å². The quantitative estimate of drug-likeness (QED) is 0.113. The van der Waals surface area contributed by atoms with E-state index in [1.807, 2.05) is 67.8 Å². The van der Waals surface area contributed by atoms with Gasteiger partial charge in [0.2, 0.25) is 0 Å². The fourth-order valence-corrected chi connectivity index (χ4v) is 11.6. The Hall–Kier alpha value is -2.17. The number of urea groups is 1. The molecule has 0 aromatic carbocycles. The lowest BCUT2D eigenvalue weighted by atomic mass is 9.72. The number of aliphatic hydroxyl groups excluding tert-OH is 1. The maximum atomic E-state index is 14.7. The van der Waals surface area contributed by atoms with Gasteiger partial charge in [-0.25, -0.2) is 4.79 Å². The molecule has 2 spiro atoms.